The molecule has 0 aliphatic carbocycles. The average molecular weight is 328 g/mol. The number of hydrogen-bond acceptors (Lipinski definition) is 2. The predicted molar refractivity (Wildman–Crippen MR) is 101 cm³/mol. The van der Waals surface area contributed by atoms with E-state index in [4.69, 9.17) is 17.0 Å². The molecule has 0 saturated carbocycles. The Labute approximate surface area is 144 Å². The molecule has 0 heterocycles. The van der Waals surface area contributed by atoms with E-state index in [1.54, 1.807) is 7.11 Å². The third-order valence-electron chi connectivity index (χ3n) is 3.64. The number of thiocarbonyl (C=S) groups is 1. The van der Waals surface area contributed by atoms with E-state index in [1.807, 2.05) is 24.3 Å². The monoisotopic (exact) mass is 328 g/mol. The summed E-state index contributed by atoms with van der Waals surface area (Å²) in [6.07, 6.45) is 0.894. The number of methoxy groups -OCH3 is 1. The van der Waals surface area contributed by atoms with Crippen molar-refractivity contribution in [3.05, 3.63) is 59.7 Å². The van der Waals surface area contributed by atoms with Gasteiger partial charge < -0.3 is 15.4 Å². The van der Waals surface area contributed by atoms with E-state index in [0.29, 0.717) is 11.0 Å². The van der Waals surface area contributed by atoms with Crippen molar-refractivity contribution in [2.45, 2.75) is 26.2 Å². The number of ether oxygens (including phenoxy) is 1. The molecule has 0 spiro atoms. The Bertz CT molecular complexity index is 655. The van der Waals surface area contributed by atoms with Crippen LogP contribution in [0.1, 0.15) is 30.9 Å². The van der Waals surface area contributed by atoms with Crippen LogP contribution in [0.3, 0.4) is 0 Å². The van der Waals surface area contributed by atoms with E-state index < -0.39 is 0 Å². The highest BCUT2D eigenvalue weighted by Gasteiger charge is 2.02. The second kappa shape index (κ2) is 8.53. The molecule has 0 radical (unpaired) electrons. The number of hydrogen-bond donors (Lipinski definition) is 2. The lowest BCUT2D eigenvalue weighted by atomic mass is 10.0. The Morgan fingerprint density at radius 2 is 1.91 bits per heavy atom. The van der Waals surface area contributed by atoms with E-state index in [0.717, 1.165) is 24.4 Å². The molecule has 2 rings (SSSR count). The smallest absolute Gasteiger partial charge is 0.170 e. The molecular formula is C19H24N2OS. The van der Waals surface area contributed by atoms with Crippen molar-refractivity contribution in [3.8, 4) is 5.75 Å². The molecule has 0 bridgehead atoms. The van der Waals surface area contributed by atoms with Crippen molar-refractivity contribution in [3.63, 3.8) is 0 Å². The maximum atomic E-state index is 5.36. The van der Waals surface area contributed by atoms with Crippen molar-refractivity contribution in [2.24, 2.45) is 0 Å². The highest BCUT2D eigenvalue weighted by molar-refractivity contribution is 7.80. The number of rotatable bonds is 6. The fourth-order valence-corrected chi connectivity index (χ4v) is 2.52. The Kier molecular flexibility index (Phi) is 6.41. The lowest BCUT2D eigenvalue weighted by Gasteiger charge is -2.13. The molecule has 23 heavy (non-hydrogen) atoms. The van der Waals surface area contributed by atoms with E-state index in [2.05, 4.69) is 48.7 Å². The predicted octanol–water partition coefficient (Wildman–Crippen LogP) is 4.35. The van der Waals surface area contributed by atoms with Crippen LogP contribution >= 0.6 is 12.2 Å². The summed E-state index contributed by atoms with van der Waals surface area (Å²) in [4.78, 5) is 0. The third kappa shape index (κ3) is 5.57. The molecule has 0 aliphatic heterocycles. The lowest BCUT2D eigenvalue weighted by molar-refractivity contribution is 0.414. The van der Waals surface area contributed by atoms with Gasteiger partial charge in [0.1, 0.15) is 5.75 Å². The second-order valence-electron chi connectivity index (χ2n) is 5.76. The van der Waals surface area contributed by atoms with Crippen molar-refractivity contribution >= 4 is 23.0 Å². The summed E-state index contributed by atoms with van der Waals surface area (Å²) in [6, 6.07) is 16.4. The molecule has 2 N–H and O–H groups in total. The molecule has 122 valence electrons. The SMILES string of the molecule is COc1cccc(CCNC(=S)Nc2cccc(C(C)C)c2)c1. The quantitative estimate of drug-likeness (QED) is 0.773. The minimum atomic E-state index is 0.506. The molecule has 2 aromatic carbocycles. The summed E-state index contributed by atoms with van der Waals surface area (Å²) in [5, 5.41) is 7.13. The van der Waals surface area contributed by atoms with Crippen LogP contribution in [-0.4, -0.2) is 18.8 Å². The van der Waals surface area contributed by atoms with E-state index in [-0.39, 0.29) is 0 Å². The second-order valence-corrected chi connectivity index (χ2v) is 6.17. The van der Waals surface area contributed by atoms with Crippen LogP contribution in [0.4, 0.5) is 5.69 Å². The zero-order valence-electron chi connectivity index (χ0n) is 13.9. The first kappa shape index (κ1) is 17.3. The molecule has 0 unspecified atom stereocenters. The molecule has 2 aromatic rings. The average Bonchev–Trinajstić information content (AvgIpc) is 2.55. The zero-order chi connectivity index (χ0) is 16.7. The molecule has 0 aliphatic rings. The van der Waals surface area contributed by atoms with Gasteiger partial charge in [-0.15, -0.1) is 0 Å². The topological polar surface area (TPSA) is 33.3 Å². The lowest BCUT2D eigenvalue weighted by Crippen LogP contribution is -2.30. The van der Waals surface area contributed by atoms with Crippen molar-refractivity contribution in [1.82, 2.24) is 5.32 Å². The van der Waals surface area contributed by atoms with Gasteiger partial charge in [-0.3, -0.25) is 0 Å². The Hall–Kier alpha value is -2.07. The number of benzene rings is 2. The maximum Gasteiger partial charge on any atom is 0.170 e. The van der Waals surface area contributed by atoms with Crippen LogP contribution in [0.5, 0.6) is 5.75 Å². The minimum absolute atomic E-state index is 0.506. The van der Waals surface area contributed by atoms with Gasteiger partial charge in [-0.2, -0.15) is 0 Å². The molecular weight excluding hydrogens is 304 g/mol. The number of nitrogens with one attached hydrogen (secondary N) is 2. The Morgan fingerprint density at radius 1 is 1.13 bits per heavy atom. The molecule has 0 amide bonds. The summed E-state index contributed by atoms with van der Waals surface area (Å²) in [6.45, 7) is 5.15. The van der Waals surface area contributed by atoms with Crippen LogP contribution in [0.15, 0.2) is 48.5 Å². The maximum absolute atomic E-state index is 5.36. The standard InChI is InChI=1S/C19H24N2OS/c1-14(2)16-7-5-8-17(13-16)21-19(23)20-11-10-15-6-4-9-18(12-15)22-3/h4-9,12-14H,10-11H2,1-3H3,(H2,20,21,23). The van der Waals surface area contributed by atoms with E-state index in [1.165, 1.54) is 11.1 Å². The van der Waals surface area contributed by atoms with E-state index >= 15 is 0 Å². The largest absolute Gasteiger partial charge is 0.497 e. The van der Waals surface area contributed by atoms with E-state index in [9.17, 15) is 0 Å². The Morgan fingerprint density at radius 3 is 2.65 bits per heavy atom. The van der Waals surface area contributed by atoms with Crippen LogP contribution in [0.2, 0.25) is 0 Å². The first-order valence-electron chi connectivity index (χ1n) is 7.86. The van der Waals surface area contributed by atoms with Gasteiger partial charge in [0.25, 0.3) is 0 Å². The summed E-state index contributed by atoms with van der Waals surface area (Å²) in [5.41, 5.74) is 3.55. The van der Waals surface area contributed by atoms with Crippen LogP contribution in [0.25, 0.3) is 0 Å². The van der Waals surface area contributed by atoms with Gasteiger partial charge in [-0.25, -0.2) is 0 Å². The number of anilines is 1. The highest BCUT2D eigenvalue weighted by Crippen LogP contribution is 2.18. The zero-order valence-corrected chi connectivity index (χ0v) is 14.7. The molecule has 0 aromatic heterocycles. The van der Waals surface area contributed by atoms with Crippen LogP contribution < -0.4 is 15.4 Å². The van der Waals surface area contributed by atoms with Crippen LogP contribution in [0, 0.1) is 0 Å². The minimum Gasteiger partial charge on any atom is -0.497 e. The summed E-state index contributed by atoms with van der Waals surface area (Å²) >= 11 is 5.36. The van der Waals surface area contributed by atoms with Crippen LogP contribution in [-0.2, 0) is 6.42 Å². The van der Waals surface area contributed by atoms with Gasteiger partial charge in [-0.1, -0.05) is 38.1 Å². The normalized spacial score (nSPS) is 10.4. The summed E-state index contributed by atoms with van der Waals surface area (Å²) < 4.78 is 5.23. The molecule has 0 atom stereocenters. The molecule has 4 heteroatoms. The summed E-state index contributed by atoms with van der Waals surface area (Å²) in [7, 11) is 1.68. The van der Waals surface area contributed by atoms with Gasteiger partial charge in [0.15, 0.2) is 5.11 Å². The van der Waals surface area contributed by atoms with Gasteiger partial charge in [-0.05, 0) is 59.9 Å². The van der Waals surface area contributed by atoms with Gasteiger partial charge in [0, 0.05) is 12.2 Å². The molecule has 0 fully saturated rings. The van der Waals surface area contributed by atoms with Crippen molar-refractivity contribution in [2.75, 3.05) is 19.0 Å². The Balaban J connectivity index is 1.82. The van der Waals surface area contributed by atoms with Gasteiger partial charge >= 0.3 is 0 Å². The first-order valence-corrected chi connectivity index (χ1v) is 8.27. The third-order valence-corrected chi connectivity index (χ3v) is 3.89. The first-order chi connectivity index (χ1) is 11.1. The van der Waals surface area contributed by atoms with Gasteiger partial charge in [0.05, 0.1) is 7.11 Å². The van der Waals surface area contributed by atoms with Crippen molar-refractivity contribution < 1.29 is 4.74 Å². The fraction of sp³-hybridized carbons (Fsp3) is 0.316. The highest BCUT2D eigenvalue weighted by atomic mass is 32.1. The van der Waals surface area contributed by atoms with Crippen molar-refractivity contribution in [1.29, 1.82) is 0 Å². The fourth-order valence-electron chi connectivity index (χ4n) is 2.30. The summed E-state index contributed by atoms with van der Waals surface area (Å²) in [5.74, 6) is 1.39. The molecule has 0 saturated heterocycles. The van der Waals surface area contributed by atoms with Gasteiger partial charge in [0.2, 0.25) is 0 Å². The molecule has 3 nitrogen and oxygen atoms in total.